The van der Waals surface area contributed by atoms with Crippen LogP contribution in [0.1, 0.15) is 29.3 Å². The lowest BCUT2D eigenvalue weighted by Gasteiger charge is -2.29. The number of nitrogen functional groups attached to an aromatic ring is 1. The fraction of sp³-hybridized carbons (Fsp3) is 0.440. The summed E-state index contributed by atoms with van der Waals surface area (Å²) in [5.74, 6) is 1.57. The number of methoxy groups -OCH3 is 1. The number of nitrogens with zero attached hydrogens (tertiary/aromatic N) is 4. The highest BCUT2D eigenvalue weighted by molar-refractivity contribution is 7.19. The third-order valence-electron chi connectivity index (χ3n) is 6.54. The average Bonchev–Trinajstić information content (AvgIpc) is 3.23. The Labute approximate surface area is 209 Å². The highest BCUT2D eigenvalue weighted by Gasteiger charge is 2.31. The average molecular weight is 497 g/mol. The fourth-order valence-corrected chi connectivity index (χ4v) is 5.84. The van der Waals surface area contributed by atoms with Gasteiger partial charge in [0.15, 0.2) is 6.21 Å². The maximum absolute atomic E-state index is 13.3. The number of carbonyl (C=O) groups is 1. The smallest absolute Gasteiger partial charge is 0.226 e. The molecule has 2 heterocycles. The van der Waals surface area contributed by atoms with E-state index in [2.05, 4.69) is 20.2 Å². The van der Waals surface area contributed by atoms with Gasteiger partial charge < -0.3 is 25.6 Å². The Morgan fingerprint density at radius 2 is 2.14 bits per heavy atom. The highest BCUT2D eigenvalue weighted by Crippen LogP contribution is 2.41. The number of amides is 1. The van der Waals surface area contributed by atoms with Crippen molar-refractivity contribution >= 4 is 50.9 Å². The zero-order valence-electron chi connectivity index (χ0n) is 20.8. The number of hydrogen-bond acceptors (Lipinski definition) is 8. The van der Waals surface area contributed by atoms with E-state index < -0.39 is 0 Å². The van der Waals surface area contributed by atoms with Gasteiger partial charge in [-0.05, 0) is 51.9 Å². The second-order valence-corrected chi connectivity index (χ2v) is 10.1. The van der Waals surface area contributed by atoms with Crippen molar-refractivity contribution in [3.05, 3.63) is 34.5 Å². The first-order valence-electron chi connectivity index (χ1n) is 11.8. The third-order valence-corrected chi connectivity index (χ3v) is 7.71. The first-order valence-corrected chi connectivity index (χ1v) is 12.7. The Bertz CT molecular complexity index is 1240. The van der Waals surface area contributed by atoms with Crippen LogP contribution in [-0.4, -0.2) is 72.7 Å². The van der Waals surface area contributed by atoms with Crippen LogP contribution >= 0.6 is 11.3 Å². The van der Waals surface area contributed by atoms with Crippen LogP contribution in [0.3, 0.4) is 0 Å². The van der Waals surface area contributed by atoms with Gasteiger partial charge in [0.2, 0.25) is 5.91 Å². The van der Waals surface area contributed by atoms with Crippen molar-refractivity contribution in [3.63, 3.8) is 0 Å². The van der Waals surface area contributed by atoms with E-state index in [9.17, 15) is 4.79 Å². The van der Waals surface area contributed by atoms with Crippen molar-refractivity contribution in [3.8, 4) is 5.75 Å². The topological polar surface area (TPSA) is 122 Å². The Morgan fingerprint density at radius 3 is 2.83 bits per heavy atom. The van der Waals surface area contributed by atoms with E-state index in [-0.39, 0.29) is 11.8 Å². The summed E-state index contributed by atoms with van der Waals surface area (Å²) in [6.45, 7) is 4.40. The summed E-state index contributed by atoms with van der Waals surface area (Å²) < 4.78 is 5.53. The quantitative estimate of drug-likeness (QED) is 0.305. The molecule has 1 aromatic carbocycles. The van der Waals surface area contributed by atoms with Crippen LogP contribution in [0.15, 0.2) is 18.5 Å². The van der Waals surface area contributed by atoms with Gasteiger partial charge in [-0.3, -0.25) is 10.2 Å². The number of likely N-dealkylation sites (N-methyl/N-ethyl adjacent to an activating group) is 2. The molecule has 0 saturated heterocycles. The standard InChI is InChI=1S/C25H33N7O2S/c1-5-32(9-8-31(2)3)25(33)15-6-7-17-21(11-15)35-24-22(17)23(28-14-29-24)30-19-10-16(13-26)18(27)12-20(19)34-4/h10,12-15,26H,5-9,11,27H2,1-4H3,(H,28,29,30)/p+1/t15-/m0/s1. The number of fused-ring (bicyclic) bond motifs is 3. The van der Waals surface area contributed by atoms with Gasteiger partial charge in [-0.25, -0.2) is 9.97 Å². The molecule has 9 nitrogen and oxygen atoms in total. The van der Waals surface area contributed by atoms with Crippen LogP contribution in [0, 0.1) is 5.92 Å². The van der Waals surface area contributed by atoms with Gasteiger partial charge in [-0.15, -0.1) is 11.3 Å². The number of benzene rings is 1. The minimum atomic E-state index is 0.00175. The molecular weight excluding hydrogens is 462 g/mol. The first kappa shape index (κ1) is 24.9. The number of hydrogen-bond donors (Lipinski definition) is 3. The van der Waals surface area contributed by atoms with Crippen LogP contribution < -0.4 is 21.2 Å². The summed E-state index contributed by atoms with van der Waals surface area (Å²) in [6, 6.07) is 3.59. The number of thiophene rings is 1. The van der Waals surface area contributed by atoms with E-state index >= 15 is 0 Å². The van der Waals surface area contributed by atoms with E-state index in [4.69, 9.17) is 15.9 Å². The molecular formula is C25H34N7O2S+. The normalized spacial score (nSPS) is 15.2. The van der Waals surface area contributed by atoms with Gasteiger partial charge in [-0.1, -0.05) is 0 Å². The molecule has 0 unspecified atom stereocenters. The lowest BCUT2D eigenvalue weighted by molar-refractivity contribution is -0.135. The lowest BCUT2D eigenvalue weighted by atomic mass is 9.87. The minimum Gasteiger partial charge on any atom is -0.494 e. The van der Waals surface area contributed by atoms with Crippen LogP contribution in [0.5, 0.6) is 5.75 Å². The molecule has 0 bridgehead atoms. The van der Waals surface area contributed by atoms with Crippen molar-refractivity contribution < 1.29 is 14.9 Å². The van der Waals surface area contributed by atoms with Gasteiger partial charge >= 0.3 is 0 Å². The molecule has 4 rings (SSSR count). The van der Waals surface area contributed by atoms with Crippen LogP contribution in [0.25, 0.3) is 10.2 Å². The summed E-state index contributed by atoms with van der Waals surface area (Å²) in [5, 5.41) is 10.2. The highest BCUT2D eigenvalue weighted by atomic mass is 32.1. The van der Waals surface area contributed by atoms with Crippen molar-refractivity contribution in [1.82, 2.24) is 19.8 Å². The maximum atomic E-state index is 13.3. The van der Waals surface area contributed by atoms with Gasteiger partial charge in [-0.2, -0.15) is 0 Å². The number of rotatable bonds is 9. The minimum absolute atomic E-state index is 0.00175. The van der Waals surface area contributed by atoms with E-state index in [1.807, 2.05) is 32.0 Å². The van der Waals surface area contributed by atoms with Crippen LogP contribution in [0.2, 0.25) is 0 Å². The van der Waals surface area contributed by atoms with Gasteiger partial charge in [0.05, 0.1) is 23.7 Å². The molecule has 5 N–H and O–H groups in total. The Balaban J connectivity index is 1.62. The Morgan fingerprint density at radius 1 is 1.34 bits per heavy atom. The largest absolute Gasteiger partial charge is 0.494 e. The third kappa shape index (κ3) is 5.08. The summed E-state index contributed by atoms with van der Waals surface area (Å²) in [4.78, 5) is 28.6. The lowest BCUT2D eigenvalue weighted by Crippen LogP contribution is -2.41. The Kier molecular flexibility index (Phi) is 7.51. The van der Waals surface area contributed by atoms with Gasteiger partial charge in [0.1, 0.15) is 22.7 Å². The number of nitrogens with one attached hydrogen (secondary N) is 1. The van der Waals surface area contributed by atoms with Gasteiger partial charge in [0.25, 0.3) is 0 Å². The number of carbonyl (C=O) groups excluding carboxylic acids is 1. The molecule has 0 saturated carbocycles. The molecule has 186 valence electrons. The molecule has 0 fully saturated rings. The number of ether oxygens (including phenoxy) is 1. The number of nitrogens with two attached hydrogens (primary N) is 2. The summed E-state index contributed by atoms with van der Waals surface area (Å²) in [7, 11) is 5.66. The summed E-state index contributed by atoms with van der Waals surface area (Å²) in [6.07, 6.45) is 5.42. The summed E-state index contributed by atoms with van der Waals surface area (Å²) >= 11 is 1.66. The molecule has 10 heteroatoms. The zero-order chi connectivity index (χ0) is 25.1. The predicted octanol–water partition coefficient (Wildman–Crippen LogP) is 1.72. The monoisotopic (exact) mass is 496 g/mol. The molecule has 0 aliphatic heterocycles. The molecule has 2 aromatic heterocycles. The molecule has 3 aromatic rings. The van der Waals surface area contributed by atoms with E-state index in [0.29, 0.717) is 22.8 Å². The first-order chi connectivity index (χ1) is 16.9. The second kappa shape index (κ2) is 10.6. The molecule has 0 radical (unpaired) electrons. The SMILES string of the molecule is CCN(CCN(C)C)C(=O)[C@H]1CCc2c(sc3ncnc(Nc4cc(C=[NH2+])c(N)cc4OC)c23)C1. The van der Waals surface area contributed by atoms with Crippen molar-refractivity contribution in [2.75, 3.05) is 51.9 Å². The van der Waals surface area contributed by atoms with Crippen molar-refractivity contribution in [2.24, 2.45) is 5.92 Å². The maximum Gasteiger partial charge on any atom is 0.226 e. The van der Waals surface area contributed by atoms with E-state index in [0.717, 1.165) is 54.8 Å². The Hall–Kier alpha value is -3.24. The number of anilines is 3. The molecule has 35 heavy (non-hydrogen) atoms. The molecule has 1 amide bonds. The van der Waals surface area contributed by atoms with Crippen LogP contribution in [-0.2, 0) is 17.6 Å². The fourth-order valence-electron chi connectivity index (χ4n) is 4.57. The van der Waals surface area contributed by atoms with Crippen LogP contribution in [0.4, 0.5) is 17.2 Å². The summed E-state index contributed by atoms with van der Waals surface area (Å²) in [5.41, 5.74) is 9.26. The molecule has 1 atom stereocenters. The molecule has 1 aliphatic rings. The van der Waals surface area contributed by atoms with Crippen molar-refractivity contribution in [1.29, 1.82) is 0 Å². The van der Waals surface area contributed by atoms with E-state index in [1.54, 1.807) is 30.8 Å². The zero-order valence-corrected chi connectivity index (χ0v) is 21.6. The molecule has 1 aliphatic carbocycles. The van der Waals surface area contributed by atoms with Crippen molar-refractivity contribution in [2.45, 2.75) is 26.2 Å². The number of aryl methyl sites for hydroxylation is 1. The predicted molar refractivity (Wildman–Crippen MR) is 142 cm³/mol. The van der Waals surface area contributed by atoms with Gasteiger partial charge in [0, 0.05) is 42.2 Å². The second-order valence-electron chi connectivity index (χ2n) is 9.04. The molecule has 0 spiro atoms. The van der Waals surface area contributed by atoms with E-state index in [1.165, 1.54) is 16.7 Å². The number of aromatic nitrogens is 2.